The van der Waals surface area contributed by atoms with Crippen LogP contribution < -0.4 is 5.32 Å². The summed E-state index contributed by atoms with van der Waals surface area (Å²) >= 11 is 0. The molecule has 1 aliphatic carbocycles. The topological polar surface area (TPSA) is 127 Å². The van der Waals surface area contributed by atoms with Gasteiger partial charge in [0, 0.05) is 42.4 Å². The van der Waals surface area contributed by atoms with Gasteiger partial charge in [-0.15, -0.1) is 0 Å². The lowest BCUT2D eigenvalue weighted by Crippen LogP contribution is -2.47. The normalized spacial score (nSPS) is 20.6. The van der Waals surface area contributed by atoms with Crippen molar-refractivity contribution in [2.45, 2.75) is 72.3 Å². The Hall–Kier alpha value is -5.14. The van der Waals surface area contributed by atoms with Gasteiger partial charge in [0.15, 0.2) is 11.4 Å². The van der Waals surface area contributed by atoms with Crippen LogP contribution in [0.1, 0.15) is 59.7 Å². The maximum atomic E-state index is 14.0. The van der Waals surface area contributed by atoms with E-state index in [4.69, 9.17) is 0 Å². The number of fused-ring (bicyclic) bond motifs is 3. The van der Waals surface area contributed by atoms with Gasteiger partial charge in [0.2, 0.25) is 11.8 Å². The van der Waals surface area contributed by atoms with E-state index in [9.17, 15) is 27.6 Å². The van der Waals surface area contributed by atoms with Gasteiger partial charge >= 0.3 is 6.18 Å². The van der Waals surface area contributed by atoms with Gasteiger partial charge in [0.25, 0.3) is 0 Å². The highest BCUT2D eigenvalue weighted by atomic mass is 19.4. The van der Waals surface area contributed by atoms with Crippen LogP contribution in [0.25, 0.3) is 27.7 Å². The number of aryl methyl sites for hydroxylation is 3. The molecular weight excluding hydrogens is 613 g/mol. The van der Waals surface area contributed by atoms with E-state index in [2.05, 4.69) is 25.5 Å². The second-order valence-corrected chi connectivity index (χ2v) is 12.9. The van der Waals surface area contributed by atoms with E-state index < -0.39 is 23.8 Å². The lowest BCUT2D eigenvalue weighted by atomic mass is 10.0. The van der Waals surface area contributed by atoms with Crippen molar-refractivity contribution in [2.75, 3.05) is 5.32 Å². The fourth-order valence-corrected chi connectivity index (χ4v) is 6.80. The average Bonchev–Trinajstić information content (AvgIpc) is 3.26. The molecule has 0 spiro atoms. The number of hydrogen-bond acceptors (Lipinski definition) is 7. The number of piperidine rings is 1. The number of aromatic nitrogens is 6. The van der Waals surface area contributed by atoms with Crippen molar-refractivity contribution in [3.05, 3.63) is 70.9 Å². The zero-order chi connectivity index (χ0) is 33.6. The lowest BCUT2D eigenvalue weighted by Gasteiger charge is -2.27. The van der Waals surface area contributed by atoms with E-state index >= 15 is 0 Å². The minimum atomic E-state index is -4.68. The first-order valence-electron chi connectivity index (χ1n) is 15.1. The molecule has 14 heteroatoms. The van der Waals surface area contributed by atoms with Crippen LogP contribution >= 0.6 is 0 Å². The van der Waals surface area contributed by atoms with Crippen molar-refractivity contribution in [3.63, 3.8) is 0 Å². The number of benzene rings is 1. The third-order valence-corrected chi connectivity index (χ3v) is 9.28. The van der Waals surface area contributed by atoms with Crippen molar-refractivity contribution in [1.82, 2.24) is 34.3 Å². The predicted molar refractivity (Wildman–Crippen MR) is 166 cm³/mol. The van der Waals surface area contributed by atoms with Crippen molar-refractivity contribution < 1.29 is 27.6 Å². The molecule has 4 aromatic heterocycles. The van der Waals surface area contributed by atoms with Crippen LogP contribution in [-0.4, -0.2) is 63.9 Å². The fourth-order valence-electron chi connectivity index (χ4n) is 6.80. The number of carbonyl (C=O) groups excluding carboxylic acids is 3. The first-order valence-corrected chi connectivity index (χ1v) is 15.1. The number of nitrogens with one attached hydrogen (secondary N) is 1. The third-order valence-electron chi connectivity index (χ3n) is 9.28. The van der Waals surface area contributed by atoms with Crippen molar-refractivity contribution >= 4 is 40.0 Å². The number of amides is 2. The molecule has 3 atom stereocenters. The zero-order valence-electron chi connectivity index (χ0n) is 26.3. The third kappa shape index (κ3) is 5.21. The summed E-state index contributed by atoms with van der Waals surface area (Å²) in [6.45, 7) is 8.47. The summed E-state index contributed by atoms with van der Waals surface area (Å²) in [4.78, 5) is 49.9. The van der Waals surface area contributed by atoms with E-state index in [1.54, 1.807) is 17.6 Å². The molecule has 1 N–H and O–H groups in total. The number of hydrogen-bond donors (Lipinski definition) is 1. The SMILES string of the molecule is CC(=O)c1nn(CC(=O)N2[C@H](C(=O)Nc3nc(C(F)(F)F)ccc3C)C[C@@]3(C)C[C@@H]23)c2c(C)cc(-c3cnc4cc(C)nn4c3)cc12. The molecule has 11 nitrogen and oxygen atoms in total. The van der Waals surface area contributed by atoms with Gasteiger partial charge in [-0.05, 0) is 73.9 Å². The van der Waals surface area contributed by atoms with Crippen LogP contribution in [0.4, 0.5) is 19.0 Å². The summed E-state index contributed by atoms with van der Waals surface area (Å²) in [5.74, 6) is -1.45. The maximum absolute atomic E-state index is 14.0. The molecule has 5 heterocycles. The summed E-state index contributed by atoms with van der Waals surface area (Å²) in [7, 11) is 0. The second kappa shape index (κ2) is 10.4. The largest absolute Gasteiger partial charge is 0.433 e. The van der Waals surface area contributed by atoms with E-state index in [1.165, 1.54) is 22.6 Å². The van der Waals surface area contributed by atoms with E-state index in [1.807, 2.05) is 45.2 Å². The highest BCUT2D eigenvalue weighted by Crippen LogP contribution is 2.59. The molecule has 242 valence electrons. The smallest absolute Gasteiger partial charge is 0.325 e. The van der Waals surface area contributed by atoms with Gasteiger partial charge in [-0.25, -0.2) is 14.5 Å². The molecule has 0 unspecified atom stereocenters. The minimum absolute atomic E-state index is 0.198. The Morgan fingerprint density at radius 2 is 1.79 bits per heavy atom. The maximum Gasteiger partial charge on any atom is 0.433 e. The van der Waals surface area contributed by atoms with Crippen molar-refractivity contribution in [3.8, 4) is 11.1 Å². The molecule has 7 rings (SSSR count). The minimum Gasteiger partial charge on any atom is -0.325 e. The Morgan fingerprint density at radius 3 is 2.51 bits per heavy atom. The molecule has 1 saturated heterocycles. The Labute approximate surface area is 266 Å². The van der Waals surface area contributed by atoms with Gasteiger partial charge in [-0.2, -0.15) is 23.4 Å². The number of ketones is 1. The number of carbonyl (C=O) groups is 3. The molecule has 1 saturated carbocycles. The molecule has 2 aliphatic rings. The van der Waals surface area contributed by atoms with Crippen LogP contribution in [0.3, 0.4) is 0 Å². The molecule has 0 bridgehead atoms. The number of alkyl halides is 3. The number of Topliss-reactive ketones (excluding diaryl/α,β-unsaturated/α-hetero) is 1. The number of rotatable bonds is 6. The van der Waals surface area contributed by atoms with Crippen LogP contribution in [0.5, 0.6) is 0 Å². The standard InChI is InChI=1S/C33H31F3N8O3/c1-16-6-7-24(33(34,35)36)38-30(16)39-31(47)23-11-32(5)12-25(32)44(23)27(46)15-43-29-17(2)8-20(10-22(29)28(41-43)19(4)45)21-13-37-26-9-18(3)40-42(26)14-21/h6-10,13-14,23,25H,11-12,15H2,1-5H3,(H,38,39,47)/t23-,25+,32-/m0/s1. The lowest BCUT2D eigenvalue weighted by molar-refractivity contribution is -0.141. The van der Waals surface area contributed by atoms with Gasteiger partial charge in [-0.3, -0.25) is 19.1 Å². The quantitative estimate of drug-likeness (QED) is 0.249. The van der Waals surface area contributed by atoms with Crippen molar-refractivity contribution in [1.29, 1.82) is 0 Å². The Bertz CT molecular complexity index is 2150. The molecule has 2 amide bonds. The van der Waals surface area contributed by atoms with Crippen LogP contribution in [0.2, 0.25) is 0 Å². The van der Waals surface area contributed by atoms with Crippen LogP contribution in [0.15, 0.2) is 42.7 Å². The zero-order valence-corrected chi connectivity index (χ0v) is 26.3. The summed E-state index contributed by atoms with van der Waals surface area (Å²) in [5, 5.41) is 12.1. The Balaban J connectivity index is 1.19. The fraction of sp³-hybridized carbons (Fsp3) is 0.364. The number of likely N-dealkylation sites (tertiary alicyclic amines) is 1. The van der Waals surface area contributed by atoms with E-state index in [0.29, 0.717) is 35.0 Å². The number of nitrogens with zero attached hydrogens (tertiary/aromatic N) is 7. The van der Waals surface area contributed by atoms with E-state index in [-0.39, 0.29) is 41.2 Å². The van der Waals surface area contributed by atoms with E-state index in [0.717, 1.165) is 28.5 Å². The highest BCUT2D eigenvalue weighted by molar-refractivity contribution is 6.07. The monoisotopic (exact) mass is 644 g/mol. The molecule has 1 aromatic carbocycles. The summed E-state index contributed by atoms with van der Waals surface area (Å²) in [6.07, 6.45) is -0.00901. The molecule has 0 radical (unpaired) electrons. The molecule has 2 fully saturated rings. The predicted octanol–water partition coefficient (Wildman–Crippen LogP) is 5.31. The summed E-state index contributed by atoms with van der Waals surface area (Å²) in [6, 6.07) is 6.65. The highest BCUT2D eigenvalue weighted by Gasteiger charge is 2.64. The summed E-state index contributed by atoms with van der Waals surface area (Å²) < 4.78 is 43.1. The van der Waals surface area contributed by atoms with Crippen molar-refractivity contribution in [2.24, 2.45) is 5.41 Å². The second-order valence-electron chi connectivity index (χ2n) is 12.9. The Morgan fingerprint density at radius 1 is 1.02 bits per heavy atom. The first kappa shape index (κ1) is 30.5. The molecule has 5 aromatic rings. The Kier molecular flexibility index (Phi) is 6.78. The molecule has 47 heavy (non-hydrogen) atoms. The van der Waals surface area contributed by atoms with Crippen LogP contribution in [0, 0.1) is 26.2 Å². The van der Waals surface area contributed by atoms with Gasteiger partial charge < -0.3 is 10.2 Å². The van der Waals surface area contributed by atoms with Gasteiger partial charge in [-0.1, -0.05) is 13.0 Å². The first-order chi connectivity index (χ1) is 22.1. The van der Waals surface area contributed by atoms with Gasteiger partial charge in [0.05, 0.1) is 11.2 Å². The van der Waals surface area contributed by atoms with Gasteiger partial charge in [0.1, 0.15) is 29.8 Å². The average molecular weight is 645 g/mol. The van der Waals surface area contributed by atoms with Crippen LogP contribution in [-0.2, 0) is 22.3 Å². The number of halogens is 3. The molecular formula is C33H31F3N8O3. The summed E-state index contributed by atoms with van der Waals surface area (Å²) in [5.41, 5.74) is 3.69. The number of pyridine rings is 1. The molecule has 1 aliphatic heterocycles. The number of anilines is 1.